The number of fused-ring (bicyclic) bond motifs is 7. The maximum absolute atomic E-state index is 13.6. The Bertz CT molecular complexity index is 1110. The Labute approximate surface area is 186 Å². The molecule has 2 amide bonds. The number of methoxy groups -OCH3 is 2. The van der Waals surface area contributed by atoms with E-state index in [-0.39, 0.29) is 5.91 Å². The number of hydrogen-bond donors (Lipinski definition) is 1. The van der Waals surface area contributed by atoms with Crippen LogP contribution in [0.1, 0.15) is 47.3 Å². The van der Waals surface area contributed by atoms with Gasteiger partial charge in [0.2, 0.25) is 5.91 Å². The monoisotopic (exact) mass is 436 g/mol. The summed E-state index contributed by atoms with van der Waals surface area (Å²) in [6.07, 6.45) is 4.46. The summed E-state index contributed by atoms with van der Waals surface area (Å²) in [5.41, 5.74) is 4.44. The van der Waals surface area contributed by atoms with E-state index in [1.165, 1.54) is 0 Å². The van der Waals surface area contributed by atoms with Crippen LogP contribution in [0.15, 0.2) is 12.1 Å². The Balaban J connectivity index is 1.26. The molecule has 0 saturated carbocycles. The Morgan fingerprint density at radius 3 is 2.78 bits per heavy atom. The van der Waals surface area contributed by atoms with Crippen LogP contribution in [-0.4, -0.2) is 71.7 Å². The summed E-state index contributed by atoms with van der Waals surface area (Å²) in [6.45, 7) is 2.20. The predicted octanol–water partition coefficient (Wildman–Crippen LogP) is 2.47. The highest BCUT2D eigenvalue weighted by Crippen LogP contribution is 2.43. The smallest absolute Gasteiger partial charge is 0.272 e. The van der Waals surface area contributed by atoms with Gasteiger partial charge in [-0.05, 0) is 48.8 Å². The highest BCUT2D eigenvalue weighted by Gasteiger charge is 2.45. The van der Waals surface area contributed by atoms with E-state index >= 15 is 0 Å². The van der Waals surface area contributed by atoms with E-state index in [1.807, 2.05) is 17.0 Å². The summed E-state index contributed by atoms with van der Waals surface area (Å²) in [5.74, 6) is 2.39. The highest BCUT2D eigenvalue weighted by atomic mass is 16.5. The Morgan fingerprint density at radius 2 is 1.97 bits per heavy atom. The summed E-state index contributed by atoms with van der Waals surface area (Å²) in [4.78, 5) is 30.1. The third kappa shape index (κ3) is 2.84. The summed E-state index contributed by atoms with van der Waals surface area (Å²) in [7, 11) is 3.25. The van der Waals surface area contributed by atoms with Crippen LogP contribution >= 0.6 is 0 Å². The molecule has 2 bridgehead atoms. The van der Waals surface area contributed by atoms with Crippen molar-refractivity contribution in [3.05, 3.63) is 29.0 Å². The number of amides is 2. The summed E-state index contributed by atoms with van der Waals surface area (Å²) >= 11 is 0. The molecule has 6 rings (SSSR count). The number of likely N-dealkylation sites (tertiary alicyclic amines) is 1. The van der Waals surface area contributed by atoms with E-state index in [9.17, 15) is 9.59 Å². The van der Waals surface area contributed by atoms with Crippen molar-refractivity contribution < 1.29 is 19.1 Å². The van der Waals surface area contributed by atoms with Crippen LogP contribution in [0.25, 0.3) is 11.3 Å². The predicted molar refractivity (Wildman–Crippen MR) is 117 cm³/mol. The van der Waals surface area contributed by atoms with Gasteiger partial charge in [0.05, 0.1) is 19.9 Å². The number of carbonyl (C=O) groups excluding carboxylic acids is 2. The fraction of sp³-hybridized carbons (Fsp3) is 0.542. The number of aromatic amines is 1. The number of H-pyrrole nitrogens is 1. The average Bonchev–Trinajstić information content (AvgIpc) is 3.37. The molecular weight excluding hydrogens is 408 g/mol. The van der Waals surface area contributed by atoms with Gasteiger partial charge >= 0.3 is 0 Å². The first kappa shape index (κ1) is 19.6. The van der Waals surface area contributed by atoms with E-state index in [0.29, 0.717) is 66.9 Å². The number of piperidine rings is 3. The third-order valence-electron chi connectivity index (χ3n) is 7.78. The normalized spacial score (nSPS) is 25.8. The van der Waals surface area contributed by atoms with Gasteiger partial charge in [0.15, 0.2) is 11.5 Å². The molecule has 32 heavy (non-hydrogen) atoms. The van der Waals surface area contributed by atoms with Gasteiger partial charge in [-0.25, -0.2) is 0 Å². The molecule has 3 aliphatic heterocycles. The van der Waals surface area contributed by atoms with Gasteiger partial charge in [-0.15, -0.1) is 0 Å². The quantitative estimate of drug-likeness (QED) is 0.682. The summed E-state index contributed by atoms with van der Waals surface area (Å²) < 4.78 is 10.9. The minimum Gasteiger partial charge on any atom is -0.493 e. The van der Waals surface area contributed by atoms with Gasteiger partial charge in [0, 0.05) is 49.6 Å². The second kappa shape index (κ2) is 7.25. The molecule has 1 aliphatic carbocycles. The van der Waals surface area contributed by atoms with Crippen molar-refractivity contribution in [1.82, 2.24) is 20.0 Å². The molecule has 4 aliphatic rings. The van der Waals surface area contributed by atoms with Crippen molar-refractivity contribution in [3.8, 4) is 22.8 Å². The second-order valence-corrected chi connectivity index (χ2v) is 9.54. The molecule has 0 radical (unpaired) electrons. The highest BCUT2D eigenvalue weighted by molar-refractivity contribution is 5.97. The van der Waals surface area contributed by atoms with Crippen molar-refractivity contribution in [1.29, 1.82) is 0 Å². The molecule has 0 spiro atoms. The van der Waals surface area contributed by atoms with E-state index in [0.717, 1.165) is 48.2 Å². The molecule has 4 heterocycles. The lowest BCUT2D eigenvalue weighted by atomic mass is 9.76. The van der Waals surface area contributed by atoms with E-state index in [2.05, 4.69) is 15.1 Å². The number of carbonyl (C=O) groups is 2. The first-order valence-corrected chi connectivity index (χ1v) is 11.5. The largest absolute Gasteiger partial charge is 0.493 e. The first-order valence-electron chi connectivity index (χ1n) is 11.5. The van der Waals surface area contributed by atoms with Gasteiger partial charge in [-0.3, -0.25) is 14.7 Å². The lowest BCUT2D eigenvalue weighted by Gasteiger charge is -2.52. The van der Waals surface area contributed by atoms with Crippen LogP contribution in [0.5, 0.6) is 11.5 Å². The number of benzene rings is 1. The molecule has 3 unspecified atom stereocenters. The average molecular weight is 437 g/mol. The lowest BCUT2D eigenvalue weighted by molar-refractivity contribution is -0.144. The van der Waals surface area contributed by atoms with Crippen molar-refractivity contribution in [3.63, 3.8) is 0 Å². The van der Waals surface area contributed by atoms with E-state index in [1.54, 1.807) is 14.2 Å². The van der Waals surface area contributed by atoms with E-state index in [4.69, 9.17) is 9.47 Å². The van der Waals surface area contributed by atoms with Gasteiger partial charge in [0.1, 0.15) is 5.69 Å². The minimum atomic E-state index is 0.0239. The van der Waals surface area contributed by atoms with Crippen molar-refractivity contribution in [2.75, 3.05) is 33.9 Å². The van der Waals surface area contributed by atoms with E-state index < -0.39 is 0 Å². The number of aromatic nitrogens is 2. The van der Waals surface area contributed by atoms with Crippen molar-refractivity contribution in [2.24, 2.45) is 11.8 Å². The molecule has 3 saturated heterocycles. The molecule has 3 fully saturated rings. The molecule has 1 aromatic heterocycles. The van der Waals surface area contributed by atoms with Gasteiger partial charge in [-0.1, -0.05) is 0 Å². The zero-order valence-electron chi connectivity index (χ0n) is 18.5. The molecule has 168 valence electrons. The molecule has 8 heteroatoms. The molecule has 2 aromatic rings. The summed E-state index contributed by atoms with van der Waals surface area (Å²) in [5, 5.41) is 7.54. The van der Waals surface area contributed by atoms with Crippen LogP contribution in [0.4, 0.5) is 0 Å². The van der Waals surface area contributed by atoms with Crippen molar-refractivity contribution in [2.45, 2.75) is 38.1 Å². The van der Waals surface area contributed by atoms with Crippen LogP contribution < -0.4 is 9.47 Å². The Hall–Kier alpha value is -3.03. The Kier molecular flexibility index (Phi) is 4.45. The SMILES string of the molecule is COc1cc2c(cc1OC)-c1n[nH]c(C(=O)N3CC4CC(C3)C3CCCC(=O)N3C4)c1C2. The van der Waals surface area contributed by atoms with Crippen LogP contribution in [0.2, 0.25) is 0 Å². The summed E-state index contributed by atoms with van der Waals surface area (Å²) in [6, 6.07) is 4.21. The molecule has 1 N–H and O–H groups in total. The molecule has 1 aromatic carbocycles. The molecule has 3 atom stereocenters. The van der Waals surface area contributed by atoms with Gasteiger partial charge in [-0.2, -0.15) is 5.10 Å². The second-order valence-electron chi connectivity index (χ2n) is 9.54. The topological polar surface area (TPSA) is 87.8 Å². The number of ether oxygens (including phenoxy) is 2. The third-order valence-corrected chi connectivity index (χ3v) is 7.78. The maximum atomic E-state index is 13.6. The minimum absolute atomic E-state index is 0.0239. The maximum Gasteiger partial charge on any atom is 0.272 e. The number of rotatable bonds is 3. The van der Waals surface area contributed by atoms with Crippen LogP contribution in [0.3, 0.4) is 0 Å². The zero-order chi connectivity index (χ0) is 22.0. The number of nitrogens with one attached hydrogen (secondary N) is 1. The van der Waals surface area contributed by atoms with Crippen molar-refractivity contribution >= 4 is 11.8 Å². The Morgan fingerprint density at radius 1 is 1.16 bits per heavy atom. The fourth-order valence-corrected chi connectivity index (χ4v) is 6.35. The number of nitrogens with zero attached hydrogens (tertiary/aromatic N) is 3. The standard InChI is InChI=1S/C24H28N4O4/c1-31-19-8-14-7-17-22(16(14)9-20(19)32-2)25-26-23(17)24(30)27-10-13-6-15(12-27)18-4-3-5-21(29)28(18)11-13/h8-9,13,15,18H,3-7,10-12H2,1-2H3,(H,25,26). The number of hydrogen-bond acceptors (Lipinski definition) is 5. The van der Waals surface area contributed by atoms with Crippen LogP contribution in [0, 0.1) is 11.8 Å². The van der Waals surface area contributed by atoms with Gasteiger partial charge < -0.3 is 19.3 Å². The van der Waals surface area contributed by atoms with Crippen LogP contribution in [-0.2, 0) is 11.2 Å². The molecule has 8 nitrogen and oxygen atoms in total. The zero-order valence-corrected chi connectivity index (χ0v) is 18.5. The lowest BCUT2D eigenvalue weighted by Crippen LogP contribution is -2.61. The molecular formula is C24H28N4O4. The fourth-order valence-electron chi connectivity index (χ4n) is 6.35. The first-order chi connectivity index (χ1) is 15.6. The van der Waals surface area contributed by atoms with Gasteiger partial charge in [0.25, 0.3) is 5.91 Å².